The van der Waals surface area contributed by atoms with Gasteiger partial charge in [-0.05, 0) is 36.8 Å². The molecule has 1 aliphatic heterocycles. The van der Waals surface area contributed by atoms with Crippen LogP contribution in [0.3, 0.4) is 0 Å². The Bertz CT molecular complexity index is 839. The SMILES string of the molecule is C/C(N)=C1/C(=Nc2ccccc2)NC(=O)C(N)C1c1ccc(F)cc1. The maximum atomic E-state index is 13.3. The van der Waals surface area contributed by atoms with Crippen LogP contribution in [-0.2, 0) is 4.79 Å². The molecule has 2 unspecified atom stereocenters. The molecule has 5 nitrogen and oxygen atoms in total. The number of halogens is 1. The molecule has 0 saturated carbocycles. The average molecular weight is 338 g/mol. The molecule has 0 aliphatic carbocycles. The van der Waals surface area contributed by atoms with Gasteiger partial charge in [0.25, 0.3) is 0 Å². The smallest absolute Gasteiger partial charge is 0.243 e. The van der Waals surface area contributed by atoms with E-state index in [1.807, 2.05) is 30.3 Å². The Morgan fingerprint density at radius 2 is 1.76 bits per heavy atom. The number of amides is 1. The van der Waals surface area contributed by atoms with E-state index in [1.54, 1.807) is 19.1 Å². The standard InChI is InChI=1S/C19H19FN4O/c1-11(21)15-16(12-7-9-13(20)10-8-12)17(22)19(25)24-18(15)23-14-5-3-2-4-6-14/h2-10,16-17H,21-22H2,1H3,(H,23,24,25)/b15-11-. The number of benzene rings is 2. The van der Waals surface area contributed by atoms with Crippen molar-refractivity contribution in [2.75, 3.05) is 0 Å². The second-order valence-electron chi connectivity index (χ2n) is 5.94. The minimum atomic E-state index is -0.839. The number of piperidine rings is 1. The highest BCUT2D eigenvalue weighted by Gasteiger charge is 2.38. The topological polar surface area (TPSA) is 93.5 Å². The molecule has 6 heteroatoms. The summed E-state index contributed by atoms with van der Waals surface area (Å²) in [4.78, 5) is 16.9. The van der Waals surface area contributed by atoms with Crippen molar-refractivity contribution in [3.63, 3.8) is 0 Å². The Morgan fingerprint density at radius 1 is 1.12 bits per heavy atom. The molecule has 1 amide bonds. The van der Waals surface area contributed by atoms with Gasteiger partial charge < -0.3 is 16.8 Å². The monoisotopic (exact) mass is 338 g/mol. The largest absolute Gasteiger partial charge is 0.402 e. The van der Waals surface area contributed by atoms with Crippen molar-refractivity contribution in [3.8, 4) is 0 Å². The van der Waals surface area contributed by atoms with E-state index in [1.165, 1.54) is 12.1 Å². The molecule has 1 saturated heterocycles. The van der Waals surface area contributed by atoms with Crippen LogP contribution in [0.15, 0.2) is 70.9 Å². The molecule has 128 valence electrons. The Kier molecular flexibility index (Phi) is 4.63. The number of hydrogen-bond donors (Lipinski definition) is 3. The van der Waals surface area contributed by atoms with Crippen LogP contribution >= 0.6 is 0 Å². The first-order valence-electron chi connectivity index (χ1n) is 7.89. The third-order valence-corrected chi connectivity index (χ3v) is 4.12. The average Bonchev–Trinajstić information content (AvgIpc) is 2.59. The van der Waals surface area contributed by atoms with Crippen molar-refractivity contribution in [2.45, 2.75) is 18.9 Å². The van der Waals surface area contributed by atoms with Crippen molar-refractivity contribution >= 4 is 17.4 Å². The van der Waals surface area contributed by atoms with Crippen LogP contribution in [0.1, 0.15) is 18.4 Å². The number of carbonyl (C=O) groups excluding carboxylic acids is 1. The van der Waals surface area contributed by atoms with Crippen LogP contribution in [-0.4, -0.2) is 17.8 Å². The summed E-state index contributed by atoms with van der Waals surface area (Å²) in [5.74, 6) is -0.839. The number of allylic oxidation sites excluding steroid dienone is 1. The van der Waals surface area contributed by atoms with E-state index in [4.69, 9.17) is 11.5 Å². The number of carbonyl (C=O) groups is 1. The Hall–Kier alpha value is -2.99. The fourth-order valence-electron chi connectivity index (χ4n) is 2.94. The van der Waals surface area contributed by atoms with Gasteiger partial charge in [0.05, 0.1) is 11.7 Å². The van der Waals surface area contributed by atoms with Crippen LogP contribution < -0.4 is 16.8 Å². The number of nitrogens with one attached hydrogen (secondary N) is 1. The molecule has 2 atom stereocenters. The minimum absolute atomic E-state index is 0.353. The Morgan fingerprint density at radius 3 is 2.36 bits per heavy atom. The number of hydrogen-bond acceptors (Lipinski definition) is 4. The predicted molar refractivity (Wildman–Crippen MR) is 95.7 cm³/mol. The second kappa shape index (κ2) is 6.86. The minimum Gasteiger partial charge on any atom is -0.402 e. The van der Waals surface area contributed by atoms with Gasteiger partial charge in [0.1, 0.15) is 11.7 Å². The Labute approximate surface area is 145 Å². The number of para-hydroxylation sites is 1. The highest BCUT2D eigenvalue weighted by molar-refractivity contribution is 6.14. The normalized spacial score (nSPS) is 24.1. The summed E-state index contributed by atoms with van der Waals surface area (Å²) < 4.78 is 13.3. The molecule has 1 aliphatic rings. The lowest BCUT2D eigenvalue weighted by molar-refractivity contribution is -0.121. The lowest BCUT2D eigenvalue weighted by Crippen LogP contribution is -2.54. The highest BCUT2D eigenvalue weighted by Crippen LogP contribution is 2.33. The van der Waals surface area contributed by atoms with Gasteiger partial charge in [-0.1, -0.05) is 30.3 Å². The zero-order chi connectivity index (χ0) is 18.0. The summed E-state index contributed by atoms with van der Waals surface area (Å²) in [5.41, 5.74) is 14.8. The molecule has 2 aromatic carbocycles. The number of amidine groups is 1. The van der Waals surface area contributed by atoms with E-state index in [9.17, 15) is 9.18 Å². The lowest BCUT2D eigenvalue weighted by atomic mass is 9.80. The number of aliphatic imine (C=N–C) groups is 1. The quantitative estimate of drug-likeness (QED) is 0.784. The van der Waals surface area contributed by atoms with E-state index >= 15 is 0 Å². The number of nitrogens with zero attached hydrogens (tertiary/aromatic N) is 1. The summed E-state index contributed by atoms with van der Waals surface area (Å²) in [6.07, 6.45) is 0. The van der Waals surface area contributed by atoms with Crippen molar-refractivity contribution in [2.24, 2.45) is 16.5 Å². The molecular formula is C19H19FN4O. The Balaban J connectivity index is 2.12. The summed E-state index contributed by atoms with van der Waals surface area (Å²) in [6, 6.07) is 14.3. The molecule has 0 spiro atoms. The highest BCUT2D eigenvalue weighted by atomic mass is 19.1. The molecule has 1 fully saturated rings. The van der Waals surface area contributed by atoms with Gasteiger partial charge in [-0.3, -0.25) is 4.79 Å². The maximum Gasteiger partial charge on any atom is 0.243 e. The molecule has 1 heterocycles. The van der Waals surface area contributed by atoms with Gasteiger partial charge >= 0.3 is 0 Å². The molecular weight excluding hydrogens is 319 g/mol. The maximum absolute atomic E-state index is 13.3. The van der Waals surface area contributed by atoms with Crippen LogP contribution in [0.25, 0.3) is 0 Å². The molecule has 5 N–H and O–H groups in total. The van der Waals surface area contributed by atoms with E-state index in [0.717, 1.165) is 0 Å². The van der Waals surface area contributed by atoms with Gasteiger partial charge in [0, 0.05) is 17.2 Å². The van der Waals surface area contributed by atoms with Crippen molar-refractivity contribution < 1.29 is 9.18 Å². The van der Waals surface area contributed by atoms with Crippen LogP contribution in [0.4, 0.5) is 10.1 Å². The third-order valence-electron chi connectivity index (χ3n) is 4.12. The fraction of sp³-hybridized carbons (Fsp3) is 0.158. The predicted octanol–water partition coefficient (Wildman–Crippen LogP) is 2.33. The number of rotatable bonds is 2. The van der Waals surface area contributed by atoms with Gasteiger partial charge in [0.15, 0.2) is 0 Å². The summed E-state index contributed by atoms with van der Waals surface area (Å²) in [5, 5.41) is 2.73. The van der Waals surface area contributed by atoms with Crippen molar-refractivity contribution in [1.82, 2.24) is 5.32 Å². The summed E-state index contributed by atoms with van der Waals surface area (Å²) in [7, 11) is 0. The first kappa shape index (κ1) is 16.9. The van der Waals surface area contributed by atoms with Crippen LogP contribution in [0, 0.1) is 5.82 Å². The van der Waals surface area contributed by atoms with Gasteiger partial charge in [-0.15, -0.1) is 0 Å². The molecule has 2 aromatic rings. The number of nitrogens with two attached hydrogens (primary N) is 2. The third kappa shape index (κ3) is 3.44. The zero-order valence-electron chi connectivity index (χ0n) is 13.7. The molecule has 25 heavy (non-hydrogen) atoms. The molecule has 0 aromatic heterocycles. The van der Waals surface area contributed by atoms with E-state index < -0.39 is 12.0 Å². The molecule has 0 bridgehead atoms. The van der Waals surface area contributed by atoms with Gasteiger partial charge in [-0.25, -0.2) is 9.38 Å². The zero-order valence-corrected chi connectivity index (χ0v) is 13.7. The van der Waals surface area contributed by atoms with Gasteiger partial charge in [0.2, 0.25) is 5.91 Å². The van der Waals surface area contributed by atoms with Crippen molar-refractivity contribution in [1.29, 1.82) is 0 Å². The van der Waals surface area contributed by atoms with E-state index in [2.05, 4.69) is 10.3 Å². The first-order chi connectivity index (χ1) is 12.0. The van der Waals surface area contributed by atoms with Gasteiger partial charge in [-0.2, -0.15) is 0 Å². The lowest BCUT2D eigenvalue weighted by Gasteiger charge is -2.33. The summed E-state index contributed by atoms with van der Waals surface area (Å²) in [6.45, 7) is 1.73. The first-order valence-corrected chi connectivity index (χ1v) is 7.89. The summed E-state index contributed by atoms with van der Waals surface area (Å²) >= 11 is 0. The van der Waals surface area contributed by atoms with E-state index in [0.29, 0.717) is 28.4 Å². The molecule has 0 radical (unpaired) electrons. The van der Waals surface area contributed by atoms with Crippen LogP contribution in [0.5, 0.6) is 0 Å². The fourth-order valence-corrected chi connectivity index (χ4v) is 2.94. The molecule has 3 rings (SSSR count). The van der Waals surface area contributed by atoms with E-state index in [-0.39, 0.29) is 11.7 Å². The van der Waals surface area contributed by atoms with Crippen molar-refractivity contribution in [3.05, 3.63) is 77.2 Å². The second-order valence-corrected chi connectivity index (χ2v) is 5.94. The van der Waals surface area contributed by atoms with Crippen LogP contribution in [0.2, 0.25) is 0 Å².